The fourth-order valence-corrected chi connectivity index (χ4v) is 3.30. The molecular weight excluding hydrogens is 376 g/mol. The number of aromatic carboxylic acids is 1. The zero-order valence-corrected chi connectivity index (χ0v) is 15.6. The fourth-order valence-electron chi connectivity index (χ4n) is 3.30. The average molecular weight is 396 g/mol. The summed E-state index contributed by atoms with van der Waals surface area (Å²) in [5.74, 6) is -0.940. The summed E-state index contributed by atoms with van der Waals surface area (Å²) >= 11 is 0. The molecule has 1 amide bonds. The van der Waals surface area contributed by atoms with Crippen molar-refractivity contribution in [2.75, 3.05) is 19.6 Å². The lowest BCUT2D eigenvalue weighted by molar-refractivity contribution is 0.0695. The molecule has 10 nitrogen and oxygen atoms in total. The smallest absolute Gasteiger partial charge is 0.411 e. The Morgan fingerprint density at radius 3 is 2.59 bits per heavy atom. The van der Waals surface area contributed by atoms with Gasteiger partial charge in [-0.15, -0.1) is 10.2 Å². The van der Waals surface area contributed by atoms with E-state index < -0.39 is 5.97 Å². The van der Waals surface area contributed by atoms with Gasteiger partial charge in [0.2, 0.25) is 0 Å². The third-order valence-electron chi connectivity index (χ3n) is 4.83. The van der Waals surface area contributed by atoms with Gasteiger partial charge in [-0.1, -0.05) is 12.1 Å². The first-order valence-corrected chi connectivity index (χ1v) is 9.14. The molecule has 150 valence electrons. The Bertz CT molecular complexity index is 952. The van der Waals surface area contributed by atoms with Crippen molar-refractivity contribution in [2.24, 2.45) is 4.99 Å². The predicted molar refractivity (Wildman–Crippen MR) is 102 cm³/mol. The minimum atomic E-state index is -0.940. The molecule has 0 saturated heterocycles. The molecule has 0 spiro atoms. The maximum atomic E-state index is 12.4. The van der Waals surface area contributed by atoms with Crippen molar-refractivity contribution in [3.63, 3.8) is 0 Å². The van der Waals surface area contributed by atoms with E-state index in [0.29, 0.717) is 32.6 Å². The highest BCUT2D eigenvalue weighted by Gasteiger charge is 2.26. The van der Waals surface area contributed by atoms with E-state index in [2.05, 4.69) is 15.2 Å². The van der Waals surface area contributed by atoms with Gasteiger partial charge in [-0.25, -0.2) is 14.6 Å². The molecule has 10 heteroatoms. The van der Waals surface area contributed by atoms with Gasteiger partial charge >= 0.3 is 12.1 Å². The molecule has 2 aromatic rings. The second-order valence-electron chi connectivity index (χ2n) is 6.89. The van der Waals surface area contributed by atoms with Crippen LogP contribution in [0.2, 0.25) is 0 Å². The van der Waals surface area contributed by atoms with Crippen LogP contribution in [0, 0.1) is 0 Å². The predicted octanol–water partition coefficient (Wildman–Crippen LogP) is 1.57. The lowest BCUT2D eigenvalue weighted by atomic mass is 10.0. The highest BCUT2D eigenvalue weighted by atomic mass is 16.6. The van der Waals surface area contributed by atoms with E-state index in [-0.39, 0.29) is 18.4 Å². The number of carbonyl (C=O) groups is 2. The van der Waals surface area contributed by atoms with Crippen LogP contribution in [0.15, 0.2) is 53.2 Å². The second-order valence-corrected chi connectivity index (χ2v) is 6.89. The third-order valence-corrected chi connectivity index (χ3v) is 4.83. The van der Waals surface area contributed by atoms with Gasteiger partial charge in [0.1, 0.15) is 12.7 Å². The largest absolute Gasteiger partial charge is 0.478 e. The number of benzene rings is 1. The van der Waals surface area contributed by atoms with Crippen LogP contribution in [0.3, 0.4) is 0 Å². The van der Waals surface area contributed by atoms with Gasteiger partial charge in [-0.2, -0.15) is 0 Å². The monoisotopic (exact) mass is 396 g/mol. The Hall–Kier alpha value is -3.69. The molecular formula is C19H20N6O4. The molecule has 1 N–H and O–H groups in total. The quantitative estimate of drug-likeness (QED) is 0.816. The summed E-state index contributed by atoms with van der Waals surface area (Å²) in [5, 5.41) is 16.3. The molecule has 0 unspecified atom stereocenters. The first-order valence-electron chi connectivity index (χ1n) is 9.14. The number of carboxylic acids is 1. The Labute approximate surface area is 166 Å². The number of carbonyl (C=O) groups excluding carboxylic acids is 1. The maximum Gasteiger partial charge on any atom is 0.411 e. The molecule has 0 atom stereocenters. The van der Waals surface area contributed by atoms with Crippen molar-refractivity contribution < 1.29 is 19.4 Å². The second kappa shape index (κ2) is 8.13. The first-order chi connectivity index (χ1) is 14.1. The molecule has 0 aliphatic carbocycles. The summed E-state index contributed by atoms with van der Waals surface area (Å²) < 4.78 is 6.88. The van der Waals surface area contributed by atoms with E-state index in [4.69, 9.17) is 9.84 Å². The Morgan fingerprint density at radius 2 is 1.86 bits per heavy atom. The summed E-state index contributed by atoms with van der Waals surface area (Å²) in [6, 6.07) is 6.79. The van der Waals surface area contributed by atoms with Crippen molar-refractivity contribution in [1.29, 1.82) is 0 Å². The average Bonchev–Trinajstić information content (AvgIpc) is 3.25. The van der Waals surface area contributed by atoms with Crippen molar-refractivity contribution >= 4 is 18.4 Å². The molecule has 0 saturated carbocycles. The maximum absolute atomic E-state index is 12.4. The normalized spacial score (nSPS) is 16.0. The number of hydrogen-bond donors (Lipinski definition) is 1. The molecule has 4 rings (SSSR count). The molecule has 29 heavy (non-hydrogen) atoms. The number of nitrogens with zero attached hydrogens (tertiary/aromatic N) is 6. The molecule has 1 aromatic heterocycles. The molecule has 2 aliphatic heterocycles. The van der Waals surface area contributed by atoms with E-state index >= 15 is 0 Å². The van der Waals surface area contributed by atoms with Gasteiger partial charge in [0.05, 0.1) is 11.9 Å². The van der Waals surface area contributed by atoms with Crippen LogP contribution in [0.4, 0.5) is 4.79 Å². The lowest BCUT2D eigenvalue weighted by Gasteiger charge is -2.34. The number of amides is 1. The number of carboxylic acid groups (broad SMARTS) is 1. The highest BCUT2D eigenvalue weighted by molar-refractivity contribution is 5.87. The molecule has 0 radical (unpaired) electrons. The minimum absolute atomic E-state index is 0.0743. The summed E-state index contributed by atoms with van der Waals surface area (Å²) in [5.41, 5.74) is 3.36. The number of hydrogen-bond acceptors (Lipinski definition) is 7. The molecule has 0 fully saturated rings. The van der Waals surface area contributed by atoms with Gasteiger partial charge in [0.25, 0.3) is 0 Å². The standard InChI is InChI=1S/C19H20N6O4/c26-18(27)15-3-1-14(2-4-15)7-23-8-16-9-25(6-5-17(16)20-10-23)19(28)29-13-24-11-21-22-12-24/h1-4,10-12H,5-9,13H2,(H,26,27). The van der Waals surface area contributed by atoms with Crippen LogP contribution in [-0.2, 0) is 18.0 Å². The topological polar surface area (TPSA) is 113 Å². The zero-order valence-electron chi connectivity index (χ0n) is 15.6. The number of aromatic nitrogens is 3. The van der Waals surface area contributed by atoms with Gasteiger partial charge in [0, 0.05) is 38.3 Å². The Kier molecular flexibility index (Phi) is 5.23. The molecule has 2 aliphatic rings. The van der Waals surface area contributed by atoms with Crippen LogP contribution in [0.5, 0.6) is 0 Å². The van der Waals surface area contributed by atoms with Crippen LogP contribution < -0.4 is 0 Å². The van der Waals surface area contributed by atoms with Crippen molar-refractivity contribution in [3.05, 3.63) is 59.3 Å². The summed E-state index contributed by atoms with van der Waals surface area (Å²) in [7, 11) is 0. The zero-order chi connectivity index (χ0) is 20.2. The van der Waals surface area contributed by atoms with Crippen LogP contribution in [-0.4, -0.2) is 67.7 Å². The summed E-state index contributed by atoms with van der Waals surface area (Å²) in [6.45, 7) is 2.38. The fraction of sp³-hybridized carbons (Fsp3) is 0.316. The van der Waals surface area contributed by atoms with Crippen molar-refractivity contribution in [2.45, 2.75) is 19.7 Å². The first kappa shape index (κ1) is 18.7. The summed E-state index contributed by atoms with van der Waals surface area (Å²) in [6.07, 6.45) is 5.09. The summed E-state index contributed by atoms with van der Waals surface area (Å²) in [4.78, 5) is 31.6. The van der Waals surface area contributed by atoms with E-state index in [1.807, 2.05) is 11.2 Å². The lowest BCUT2D eigenvalue weighted by Crippen LogP contribution is -2.41. The van der Waals surface area contributed by atoms with E-state index in [9.17, 15) is 9.59 Å². The van der Waals surface area contributed by atoms with Gasteiger partial charge in [-0.3, -0.25) is 4.57 Å². The third kappa shape index (κ3) is 4.42. The van der Waals surface area contributed by atoms with Gasteiger partial charge in [0.15, 0.2) is 6.73 Å². The van der Waals surface area contributed by atoms with Gasteiger partial charge in [-0.05, 0) is 23.3 Å². The van der Waals surface area contributed by atoms with Gasteiger partial charge < -0.3 is 19.6 Å². The van der Waals surface area contributed by atoms with Crippen LogP contribution in [0.1, 0.15) is 22.3 Å². The number of aliphatic imine (C=N–C) groups is 1. The number of ether oxygens (including phenoxy) is 1. The molecule has 0 bridgehead atoms. The molecule has 3 heterocycles. The van der Waals surface area contributed by atoms with Crippen LogP contribution >= 0.6 is 0 Å². The van der Waals surface area contributed by atoms with Crippen LogP contribution in [0.25, 0.3) is 0 Å². The minimum Gasteiger partial charge on any atom is -0.478 e. The van der Waals surface area contributed by atoms with Crippen molar-refractivity contribution in [1.82, 2.24) is 24.6 Å². The Balaban J connectivity index is 1.33. The van der Waals surface area contributed by atoms with E-state index in [0.717, 1.165) is 16.8 Å². The number of rotatable bonds is 5. The van der Waals surface area contributed by atoms with E-state index in [1.165, 1.54) is 12.7 Å². The SMILES string of the molecule is O=C(O)c1ccc(CN2C=NC3=C(C2)CN(C(=O)OCn2cnnc2)CC3)cc1. The van der Waals surface area contributed by atoms with Crippen molar-refractivity contribution in [3.8, 4) is 0 Å². The van der Waals surface area contributed by atoms with E-state index in [1.54, 1.807) is 33.7 Å². The Morgan fingerprint density at radius 1 is 1.10 bits per heavy atom. The molecule has 1 aromatic carbocycles. The highest BCUT2D eigenvalue weighted by Crippen LogP contribution is 2.24.